The molecule has 0 aliphatic heterocycles. The maximum absolute atomic E-state index is 12.7. The fourth-order valence-electron chi connectivity index (χ4n) is 2.38. The maximum Gasteiger partial charge on any atom is 0.290 e. The molecular weight excluding hydrogens is 392 g/mol. The number of alkyl halides is 2. The van der Waals surface area contributed by atoms with Gasteiger partial charge in [0.25, 0.3) is 11.7 Å². The molecule has 1 aromatic carbocycles. The lowest BCUT2D eigenvalue weighted by Crippen LogP contribution is -2.13. The van der Waals surface area contributed by atoms with Crippen molar-refractivity contribution in [1.29, 1.82) is 0 Å². The SMILES string of the molecule is COc1ccc(C)cc1-c1csc(NC(=O)c2cccnc2SC(F)F)n1. The Hall–Kier alpha value is -2.52. The van der Waals surface area contributed by atoms with Gasteiger partial charge in [0, 0.05) is 17.1 Å². The molecule has 0 radical (unpaired) electrons. The van der Waals surface area contributed by atoms with Gasteiger partial charge in [0.15, 0.2) is 5.13 Å². The predicted molar refractivity (Wildman–Crippen MR) is 103 cm³/mol. The molecule has 5 nitrogen and oxygen atoms in total. The molecule has 140 valence electrons. The van der Waals surface area contributed by atoms with Crippen molar-refractivity contribution in [2.75, 3.05) is 12.4 Å². The summed E-state index contributed by atoms with van der Waals surface area (Å²) < 4.78 is 30.7. The average molecular weight is 407 g/mol. The number of thioether (sulfide) groups is 1. The molecule has 0 spiro atoms. The first-order valence-corrected chi connectivity index (χ1v) is 9.55. The van der Waals surface area contributed by atoms with Crippen LogP contribution in [0.3, 0.4) is 0 Å². The van der Waals surface area contributed by atoms with E-state index in [2.05, 4.69) is 15.3 Å². The van der Waals surface area contributed by atoms with Crippen LogP contribution in [0.4, 0.5) is 13.9 Å². The lowest BCUT2D eigenvalue weighted by molar-refractivity contribution is 0.102. The molecule has 1 amide bonds. The van der Waals surface area contributed by atoms with Crippen LogP contribution < -0.4 is 10.1 Å². The summed E-state index contributed by atoms with van der Waals surface area (Å²) >= 11 is 1.47. The van der Waals surface area contributed by atoms with E-state index in [1.807, 2.05) is 25.1 Å². The smallest absolute Gasteiger partial charge is 0.290 e. The third kappa shape index (κ3) is 4.61. The van der Waals surface area contributed by atoms with Gasteiger partial charge in [-0.15, -0.1) is 11.3 Å². The summed E-state index contributed by atoms with van der Waals surface area (Å²) in [6, 6.07) is 8.70. The topological polar surface area (TPSA) is 64.1 Å². The van der Waals surface area contributed by atoms with Gasteiger partial charge in [-0.1, -0.05) is 11.6 Å². The number of benzene rings is 1. The van der Waals surface area contributed by atoms with Crippen LogP contribution in [0.15, 0.2) is 46.9 Å². The molecule has 0 saturated heterocycles. The number of anilines is 1. The number of aromatic nitrogens is 2. The predicted octanol–water partition coefficient (Wildman–Crippen LogP) is 5.09. The van der Waals surface area contributed by atoms with Crippen LogP contribution in [0.5, 0.6) is 5.75 Å². The van der Waals surface area contributed by atoms with Crippen LogP contribution >= 0.6 is 23.1 Å². The number of halogens is 2. The Morgan fingerprint density at radius 3 is 2.89 bits per heavy atom. The zero-order valence-corrected chi connectivity index (χ0v) is 16.0. The van der Waals surface area contributed by atoms with E-state index in [1.165, 1.54) is 29.7 Å². The average Bonchev–Trinajstić information content (AvgIpc) is 3.10. The number of ether oxygens (including phenoxy) is 1. The third-order valence-electron chi connectivity index (χ3n) is 3.57. The minimum atomic E-state index is -2.66. The van der Waals surface area contributed by atoms with E-state index < -0.39 is 11.7 Å². The molecular formula is C18H15F2N3O2S2. The fourth-order valence-corrected chi connectivity index (χ4v) is 3.67. The molecule has 2 aromatic heterocycles. The van der Waals surface area contributed by atoms with Crippen molar-refractivity contribution in [1.82, 2.24) is 9.97 Å². The van der Waals surface area contributed by atoms with Gasteiger partial charge in [0.1, 0.15) is 10.8 Å². The van der Waals surface area contributed by atoms with Crippen molar-refractivity contribution in [3.05, 3.63) is 53.0 Å². The summed E-state index contributed by atoms with van der Waals surface area (Å²) in [5, 5.41) is 4.77. The maximum atomic E-state index is 12.7. The standard InChI is InChI=1S/C18H15F2N3O2S2/c1-10-5-6-14(25-2)12(8-10)13-9-26-18(22-13)23-15(24)11-4-3-7-21-16(11)27-17(19)20/h3-9,17H,1-2H3,(H,22,23,24). The zero-order valence-electron chi connectivity index (χ0n) is 14.4. The molecule has 0 bridgehead atoms. The molecule has 1 N–H and O–H groups in total. The number of nitrogens with one attached hydrogen (secondary N) is 1. The number of carbonyl (C=O) groups is 1. The van der Waals surface area contributed by atoms with Gasteiger partial charge >= 0.3 is 0 Å². The molecule has 9 heteroatoms. The van der Waals surface area contributed by atoms with Crippen molar-refractivity contribution >= 4 is 34.1 Å². The van der Waals surface area contributed by atoms with Crippen molar-refractivity contribution in [3.63, 3.8) is 0 Å². The highest BCUT2D eigenvalue weighted by molar-refractivity contribution is 7.99. The second kappa shape index (κ2) is 8.45. The van der Waals surface area contributed by atoms with Gasteiger partial charge < -0.3 is 4.74 Å². The number of nitrogens with zero attached hydrogens (tertiary/aromatic N) is 2. The van der Waals surface area contributed by atoms with Crippen LogP contribution in [0.2, 0.25) is 0 Å². The minimum absolute atomic E-state index is 0.0258. The van der Waals surface area contributed by atoms with E-state index in [9.17, 15) is 13.6 Å². The Kier molecular flexibility index (Phi) is 6.02. The Bertz CT molecular complexity index is 963. The second-order valence-electron chi connectivity index (χ2n) is 5.43. The molecule has 0 atom stereocenters. The summed E-state index contributed by atoms with van der Waals surface area (Å²) in [6.45, 7) is 1.96. The summed E-state index contributed by atoms with van der Waals surface area (Å²) in [4.78, 5) is 20.7. The summed E-state index contributed by atoms with van der Waals surface area (Å²) in [6.07, 6.45) is 1.37. The molecule has 0 fully saturated rings. The number of methoxy groups -OCH3 is 1. The van der Waals surface area contributed by atoms with E-state index in [-0.39, 0.29) is 22.4 Å². The Morgan fingerprint density at radius 2 is 2.15 bits per heavy atom. The minimum Gasteiger partial charge on any atom is -0.496 e. The van der Waals surface area contributed by atoms with E-state index in [0.717, 1.165) is 11.1 Å². The Balaban J connectivity index is 1.83. The fraction of sp³-hybridized carbons (Fsp3) is 0.167. The van der Waals surface area contributed by atoms with E-state index >= 15 is 0 Å². The van der Waals surface area contributed by atoms with Gasteiger partial charge in [0.2, 0.25) is 0 Å². The summed E-state index contributed by atoms with van der Waals surface area (Å²) in [5.41, 5.74) is 2.59. The first-order chi connectivity index (χ1) is 13.0. The molecule has 0 unspecified atom stereocenters. The van der Waals surface area contributed by atoms with Crippen LogP contribution in [0.25, 0.3) is 11.3 Å². The van der Waals surface area contributed by atoms with Crippen molar-refractivity contribution in [2.45, 2.75) is 17.7 Å². The number of hydrogen-bond donors (Lipinski definition) is 1. The molecule has 2 heterocycles. The number of pyridine rings is 1. The quantitative estimate of drug-likeness (QED) is 0.577. The van der Waals surface area contributed by atoms with Gasteiger partial charge in [-0.05, 0) is 43.0 Å². The van der Waals surface area contributed by atoms with Crippen LogP contribution in [0, 0.1) is 6.92 Å². The highest BCUT2D eigenvalue weighted by Crippen LogP contribution is 2.33. The number of rotatable bonds is 6. The van der Waals surface area contributed by atoms with Gasteiger partial charge in [-0.3, -0.25) is 10.1 Å². The number of amides is 1. The van der Waals surface area contributed by atoms with E-state index in [1.54, 1.807) is 12.5 Å². The lowest BCUT2D eigenvalue weighted by atomic mass is 10.1. The van der Waals surface area contributed by atoms with Crippen molar-refractivity contribution in [3.8, 4) is 17.0 Å². The first-order valence-electron chi connectivity index (χ1n) is 7.79. The molecule has 0 saturated carbocycles. The number of hydrogen-bond acceptors (Lipinski definition) is 6. The summed E-state index contributed by atoms with van der Waals surface area (Å²) in [5.74, 6) is -2.53. The van der Waals surface area contributed by atoms with Crippen LogP contribution in [0.1, 0.15) is 15.9 Å². The highest BCUT2D eigenvalue weighted by Gasteiger charge is 2.18. The molecule has 27 heavy (non-hydrogen) atoms. The lowest BCUT2D eigenvalue weighted by Gasteiger charge is -2.08. The van der Waals surface area contributed by atoms with Crippen molar-refractivity contribution in [2.24, 2.45) is 0 Å². The van der Waals surface area contributed by atoms with Crippen LogP contribution in [-0.4, -0.2) is 28.7 Å². The Morgan fingerprint density at radius 1 is 1.33 bits per heavy atom. The highest BCUT2D eigenvalue weighted by atomic mass is 32.2. The van der Waals surface area contributed by atoms with Gasteiger partial charge in [-0.25, -0.2) is 9.97 Å². The molecule has 3 rings (SSSR count). The van der Waals surface area contributed by atoms with Gasteiger partial charge in [-0.2, -0.15) is 8.78 Å². The summed E-state index contributed by atoms with van der Waals surface area (Å²) in [7, 11) is 1.58. The zero-order chi connectivity index (χ0) is 19.4. The van der Waals surface area contributed by atoms with Gasteiger partial charge in [0.05, 0.1) is 18.4 Å². The number of aryl methyl sites for hydroxylation is 1. The first kappa shape index (κ1) is 19.2. The van der Waals surface area contributed by atoms with Crippen molar-refractivity contribution < 1.29 is 18.3 Å². The van der Waals surface area contributed by atoms with Crippen LogP contribution in [-0.2, 0) is 0 Å². The number of carbonyl (C=O) groups excluding carboxylic acids is 1. The third-order valence-corrected chi connectivity index (χ3v) is 5.06. The molecule has 0 aliphatic carbocycles. The largest absolute Gasteiger partial charge is 0.496 e. The van der Waals surface area contributed by atoms with E-state index in [0.29, 0.717) is 16.6 Å². The molecule has 0 aliphatic rings. The normalized spacial score (nSPS) is 10.9. The monoisotopic (exact) mass is 407 g/mol. The molecule has 3 aromatic rings. The second-order valence-corrected chi connectivity index (χ2v) is 7.27. The number of thiazole rings is 1. The Labute approximate surface area is 162 Å². The van der Waals surface area contributed by atoms with E-state index in [4.69, 9.17) is 4.74 Å².